The minimum absolute atomic E-state index is 0.0746. The molecule has 1 aliphatic heterocycles. The zero-order chi connectivity index (χ0) is 27.7. The van der Waals surface area contributed by atoms with E-state index in [1.807, 2.05) is 0 Å². The van der Waals surface area contributed by atoms with Gasteiger partial charge in [-0.2, -0.15) is 4.72 Å². The Morgan fingerprint density at radius 3 is 2.34 bits per heavy atom. The largest absolute Gasteiger partial charge is 0.384 e. The van der Waals surface area contributed by atoms with Crippen molar-refractivity contribution in [2.24, 2.45) is 23.1 Å². The van der Waals surface area contributed by atoms with Gasteiger partial charge in [0, 0.05) is 37.3 Å². The lowest BCUT2D eigenvalue weighted by atomic mass is 9.93. The van der Waals surface area contributed by atoms with E-state index in [0.717, 1.165) is 24.8 Å². The maximum absolute atomic E-state index is 13.6. The van der Waals surface area contributed by atoms with Crippen molar-refractivity contribution in [2.75, 3.05) is 31.5 Å². The Hall–Kier alpha value is -3.32. The lowest BCUT2D eigenvalue weighted by molar-refractivity contribution is -0.134. The number of hydrogen-bond donors (Lipinski definition) is 6. The molecule has 9 N–H and O–H groups in total. The van der Waals surface area contributed by atoms with Gasteiger partial charge in [0.15, 0.2) is 0 Å². The van der Waals surface area contributed by atoms with E-state index in [1.165, 1.54) is 18.2 Å². The molecule has 11 nitrogen and oxygen atoms in total. The summed E-state index contributed by atoms with van der Waals surface area (Å²) in [5.41, 5.74) is 18.2. The molecule has 12 heteroatoms. The number of anilines is 1. The van der Waals surface area contributed by atoms with Crippen LogP contribution in [0.3, 0.4) is 0 Å². The van der Waals surface area contributed by atoms with Crippen LogP contribution in [0.2, 0.25) is 0 Å². The maximum atomic E-state index is 13.6. The van der Waals surface area contributed by atoms with Crippen LogP contribution in [0, 0.1) is 11.3 Å². The number of hydrogen-bond acceptors (Lipinski definition) is 7. The molecule has 0 aromatic heterocycles. The molecule has 0 spiro atoms. The average molecular weight is 544 g/mol. The molecule has 1 heterocycles. The number of nitrogens with one attached hydrogen (secondary N) is 3. The molecular weight excluding hydrogens is 506 g/mol. The second-order valence-electron chi connectivity index (χ2n) is 9.45. The lowest BCUT2D eigenvalue weighted by Crippen LogP contribution is -2.51. The molecule has 206 valence electrons. The number of rotatable bonds is 12. The van der Waals surface area contributed by atoms with Crippen molar-refractivity contribution in [1.82, 2.24) is 9.62 Å². The molecule has 3 rings (SSSR count). The van der Waals surface area contributed by atoms with Crippen molar-refractivity contribution in [3.8, 4) is 0 Å². The number of carbonyl (C=O) groups is 2. The summed E-state index contributed by atoms with van der Waals surface area (Å²) in [6.07, 6.45) is 2.77. The summed E-state index contributed by atoms with van der Waals surface area (Å²) in [4.78, 5) is 27.1. The van der Waals surface area contributed by atoms with Crippen molar-refractivity contribution in [3.63, 3.8) is 0 Å². The van der Waals surface area contributed by atoms with Crippen LogP contribution in [0.5, 0.6) is 0 Å². The molecule has 0 aliphatic carbocycles. The fraction of sp³-hybridized carbons (Fsp3) is 0.423. The van der Waals surface area contributed by atoms with Gasteiger partial charge in [0.1, 0.15) is 11.9 Å². The van der Waals surface area contributed by atoms with E-state index in [9.17, 15) is 18.0 Å². The SMILES string of the molecule is N=C(N)c1ccc(C[C@@H](NS(=O)(=O)c2cccc(NC(=O)CCN)c2)C(=O)N2CCC(CCN)CC2)cc1. The number of carbonyl (C=O) groups excluding carboxylic acids is 2. The second-order valence-corrected chi connectivity index (χ2v) is 11.2. The number of nitrogens with two attached hydrogens (primary N) is 3. The predicted octanol–water partition coefficient (Wildman–Crippen LogP) is 0.735. The van der Waals surface area contributed by atoms with Crippen LogP contribution >= 0.6 is 0 Å². The fourth-order valence-electron chi connectivity index (χ4n) is 4.48. The number of likely N-dealkylation sites (tertiary alicyclic amines) is 1. The van der Waals surface area contributed by atoms with Crippen molar-refractivity contribution in [1.29, 1.82) is 5.41 Å². The summed E-state index contributed by atoms with van der Waals surface area (Å²) in [5.74, 6) is -0.253. The van der Waals surface area contributed by atoms with Crippen molar-refractivity contribution in [3.05, 3.63) is 59.7 Å². The summed E-state index contributed by atoms with van der Waals surface area (Å²) < 4.78 is 29.4. The van der Waals surface area contributed by atoms with Gasteiger partial charge >= 0.3 is 0 Å². The number of amidine groups is 1. The first kappa shape index (κ1) is 29.2. The van der Waals surface area contributed by atoms with Crippen LogP contribution in [-0.2, 0) is 26.0 Å². The second kappa shape index (κ2) is 13.5. The maximum Gasteiger partial charge on any atom is 0.241 e. The van der Waals surface area contributed by atoms with Gasteiger partial charge in [0.05, 0.1) is 4.90 Å². The van der Waals surface area contributed by atoms with Crippen molar-refractivity contribution in [2.45, 2.75) is 43.0 Å². The zero-order valence-electron chi connectivity index (χ0n) is 21.4. The molecule has 0 bridgehead atoms. The standard InChI is InChI=1S/C26H37N7O4S/c27-12-8-18-10-14-33(15-11-18)26(35)23(16-19-4-6-20(7-5-19)25(29)30)32-38(36,37)22-3-1-2-21(17-22)31-24(34)9-13-28/h1-7,17-18,23,32H,8-16,27-28H2,(H3,29,30)(H,31,34)/t23-/m1/s1. The Labute approximate surface area is 223 Å². The molecule has 2 aromatic carbocycles. The number of nitrogen functional groups attached to an aromatic ring is 1. The predicted molar refractivity (Wildman–Crippen MR) is 147 cm³/mol. The van der Waals surface area contributed by atoms with Gasteiger partial charge in [0.2, 0.25) is 21.8 Å². The molecule has 38 heavy (non-hydrogen) atoms. The molecule has 0 saturated carbocycles. The van der Waals surface area contributed by atoms with Gasteiger partial charge in [-0.25, -0.2) is 8.42 Å². The number of sulfonamides is 1. The van der Waals surface area contributed by atoms with Gasteiger partial charge in [-0.15, -0.1) is 0 Å². The molecule has 0 radical (unpaired) electrons. The number of benzene rings is 2. The first-order valence-corrected chi connectivity index (χ1v) is 14.2. The molecular formula is C26H37N7O4S. The van der Waals surface area contributed by atoms with Gasteiger partial charge in [-0.3, -0.25) is 15.0 Å². The quantitative estimate of drug-likeness (QED) is 0.167. The smallest absolute Gasteiger partial charge is 0.241 e. The highest BCUT2D eigenvalue weighted by Gasteiger charge is 2.32. The van der Waals surface area contributed by atoms with Crippen LogP contribution in [0.15, 0.2) is 53.4 Å². The zero-order valence-corrected chi connectivity index (χ0v) is 22.2. The summed E-state index contributed by atoms with van der Waals surface area (Å²) in [5, 5.41) is 10.2. The van der Waals surface area contributed by atoms with Crippen molar-refractivity contribution >= 4 is 33.4 Å². The highest BCUT2D eigenvalue weighted by molar-refractivity contribution is 7.89. The summed E-state index contributed by atoms with van der Waals surface area (Å²) in [6, 6.07) is 11.6. The van der Waals surface area contributed by atoms with Gasteiger partial charge in [-0.05, 0) is 61.9 Å². The Bertz CT molecular complexity index is 1230. The molecule has 2 amide bonds. The van der Waals surface area contributed by atoms with Crippen LogP contribution < -0.4 is 27.2 Å². The molecule has 1 fully saturated rings. The van der Waals surface area contributed by atoms with E-state index in [0.29, 0.717) is 36.8 Å². The first-order valence-electron chi connectivity index (χ1n) is 12.7. The molecule has 1 aliphatic rings. The summed E-state index contributed by atoms with van der Waals surface area (Å²) >= 11 is 0. The third kappa shape index (κ3) is 8.09. The molecule has 1 saturated heterocycles. The topological polar surface area (TPSA) is 197 Å². The Balaban J connectivity index is 1.83. The van der Waals surface area contributed by atoms with E-state index in [2.05, 4.69) is 10.0 Å². The number of amides is 2. The molecule has 1 atom stereocenters. The molecule has 0 unspecified atom stereocenters. The highest BCUT2D eigenvalue weighted by Crippen LogP contribution is 2.22. The minimum Gasteiger partial charge on any atom is -0.384 e. The van der Waals surface area contributed by atoms with Gasteiger partial charge < -0.3 is 27.4 Å². The van der Waals surface area contributed by atoms with E-state index in [-0.39, 0.29) is 41.9 Å². The van der Waals surface area contributed by atoms with Crippen molar-refractivity contribution < 1.29 is 18.0 Å². The Morgan fingerprint density at radius 2 is 1.74 bits per heavy atom. The summed E-state index contributed by atoms with van der Waals surface area (Å²) in [7, 11) is -4.12. The van der Waals surface area contributed by atoms with E-state index in [1.54, 1.807) is 35.2 Å². The van der Waals surface area contributed by atoms with Gasteiger partial charge in [0.25, 0.3) is 0 Å². The Kier molecular flexibility index (Phi) is 10.4. The third-order valence-corrected chi connectivity index (χ3v) is 8.07. The first-order chi connectivity index (χ1) is 18.1. The third-order valence-electron chi connectivity index (χ3n) is 6.60. The normalized spacial score (nSPS) is 15.2. The van der Waals surface area contributed by atoms with Crippen LogP contribution in [-0.4, -0.2) is 63.2 Å². The number of nitrogens with zero attached hydrogens (tertiary/aromatic N) is 1. The monoisotopic (exact) mass is 543 g/mol. The Morgan fingerprint density at radius 1 is 1.05 bits per heavy atom. The van der Waals surface area contributed by atoms with Crippen LogP contribution in [0.25, 0.3) is 0 Å². The van der Waals surface area contributed by atoms with Crippen LogP contribution in [0.4, 0.5) is 5.69 Å². The van der Waals surface area contributed by atoms with E-state index >= 15 is 0 Å². The fourth-order valence-corrected chi connectivity index (χ4v) is 5.72. The lowest BCUT2D eigenvalue weighted by Gasteiger charge is -2.34. The average Bonchev–Trinajstić information content (AvgIpc) is 2.89. The van der Waals surface area contributed by atoms with Gasteiger partial charge in [-0.1, -0.05) is 30.3 Å². The minimum atomic E-state index is -4.12. The van der Waals surface area contributed by atoms with E-state index < -0.39 is 16.1 Å². The summed E-state index contributed by atoms with van der Waals surface area (Å²) in [6.45, 7) is 1.84. The van der Waals surface area contributed by atoms with Crippen LogP contribution in [0.1, 0.15) is 36.8 Å². The highest BCUT2D eigenvalue weighted by atomic mass is 32.2. The molecule has 2 aromatic rings. The number of piperidine rings is 1. The van der Waals surface area contributed by atoms with E-state index in [4.69, 9.17) is 22.6 Å².